The molecule has 0 spiro atoms. The van der Waals surface area contributed by atoms with Gasteiger partial charge in [-0.15, -0.1) is 0 Å². The number of fused-ring (bicyclic) bond motifs is 3. The predicted octanol–water partition coefficient (Wildman–Crippen LogP) is 6.34. The Labute approximate surface area is 204 Å². The van der Waals surface area contributed by atoms with Gasteiger partial charge in [-0.1, -0.05) is 71.8 Å². The SMILES string of the molecule is O=S(=O)(NCCc1ccccc1)c1ccc2c(c1)C1C=CCC1C(c1ccc(Cl)cc1Cl)N2. The number of anilines is 1. The summed E-state index contributed by atoms with van der Waals surface area (Å²) >= 11 is 12.6. The predicted molar refractivity (Wildman–Crippen MR) is 135 cm³/mol. The Hall–Kier alpha value is -2.31. The second-order valence-corrected chi connectivity index (χ2v) is 11.1. The van der Waals surface area contributed by atoms with Crippen LogP contribution in [0.2, 0.25) is 10.0 Å². The molecule has 5 rings (SSSR count). The quantitative estimate of drug-likeness (QED) is 0.389. The Bertz CT molecular complexity index is 1310. The van der Waals surface area contributed by atoms with Gasteiger partial charge in [-0.25, -0.2) is 13.1 Å². The maximum atomic E-state index is 13.0. The topological polar surface area (TPSA) is 58.2 Å². The average molecular weight is 499 g/mol. The number of sulfonamides is 1. The molecule has 170 valence electrons. The fourth-order valence-corrected chi connectivity index (χ4v) is 6.45. The fourth-order valence-electron chi connectivity index (χ4n) is 4.86. The summed E-state index contributed by atoms with van der Waals surface area (Å²) in [5.74, 6) is 0.373. The van der Waals surface area contributed by atoms with E-state index in [2.05, 4.69) is 22.2 Å². The van der Waals surface area contributed by atoms with Crippen LogP contribution in [0.25, 0.3) is 0 Å². The summed E-state index contributed by atoms with van der Waals surface area (Å²) in [6, 6.07) is 20.8. The van der Waals surface area contributed by atoms with Gasteiger partial charge in [0, 0.05) is 28.2 Å². The van der Waals surface area contributed by atoms with E-state index < -0.39 is 10.0 Å². The first kappa shape index (κ1) is 22.5. The number of halogens is 2. The number of benzene rings is 3. The van der Waals surface area contributed by atoms with Gasteiger partial charge in [-0.3, -0.25) is 0 Å². The van der Waals surface area contributed by atoms with E-state index in [1.807, 2.05) is 48.5 Å². The molecule has 1 aliphatic carbocycles. The van der Waals surface area contributed by atoms with E-state index in [0.29, 0.717) is 23.0 Å². The minimum Gasteiger partial charge on any atom is -0.378 e. The summed E-state index contributed by atoms with van der Waals surface area (Å²) in [7, 11) is -3.61. The van der Waals surface area contributed by atoms with Crippen LogP contribution in [-0.4, -0.2) is 15.0 Å². The van der Waals surface area contributed by atoms with Crippen molar-refractivity contribution in [1.29, 1.82) is 0 Å². The molecule has 0 saturated heterocycles. The Balaban J connectivity index is 1.39. The van der Waals surface area contributed by atoms with Crippen molar-refractivity contribution in [2.24, 2.45) is 5.92 Å². The van der Waals surface area contributed by atoms with Crippen LogP contribution in [0, 0.1) is 5.92 Å². The van der Waals surface area contributed by atoms with Crippen molar-refractivity contribution in [1.82, 2.24) is 4.72 Å². The first-order valence-corrected chi connectivity index (χ1v) is 13.2. The number of hydrogen-bond acceptors (Lipinski definition) is 3. The number of rotatable bonds is 6. The van der Waals surface area contributed by atoms with Crippen molar-refractivity contribution >= 4 is 38.9 Å². The fraction of sp³-hybridized carbons (Fsp3) is 0.231. The Kier molecular flexibility index (Phi) is 6.23. The molecule has 3 atom stereocenters. The van der Waals surface area contributed by atoms with Gasteiger partial charge in [0.2, 0.25) is 10.0 Å². The van der Waals surface area contributed by atoms with E-state index >= 15 is 0 Å². The minimum atomic E-state index is -3.61. The van der Waals surface area contributed by atoms with Crippen LogP contribution in [0.1, 0.15) is 35.1 Å². The van der Waals surface area contributed by atoms with E-state index in [0.717, 1.165) is 28.8 Å². The molecule has 0 fully saturated rings. The molecular formula is C26H24Cl2N2O2S. The third-order valence-electron chi connectivity index (χ3n) is 6.49. The zero-order valence-corrected chi connectivity index (χ0v) is 20.2. The first-order valence-electron chi connectivity index (χ1n) is 11.0. The molecule has 3 aromatic rings. The molecule has 3 unspecified atom stereocenters. The van der Waals surface area contributed by atoms with Crippen LogP contribution >= 0.6 is 23.2 Å². The van der Waals surface area contributed by atoms with Gasteiger partial charge in [0.25, 0.3) is 0 Å². The summed E-state index contributed by atoms with van der Waals surface area (Å²) in [5, 5.41) is 4.85. The van der Waals surface area contributed by atoms with E-state index in [1.54, 1.807) is 18.2 Å². The highest BCUT2D eigenvalue weighted by molar-refractivity contribution is 7.89. The molecule has 33 heavy (non-hydrogen) atoms. The monoisotopic (exact) mass is 498 g/mol. The largest absolute Gasteiger partial charge is 0.378 e. The van der Waals surface area contributed by atoms with E-state index in [-0.39, 0.29) is 22.8 Å². The number of allylic oxidation sites excluding steroid dienone is 2. The van der Waals surface area contributed by atoms with Gasteiger partial charge >= 0.3 is 0 Å². The van der Waals surface area contributed by atoms with Gasteiger partial charge in [-0.2, -0.15) is 0 Å². The van der Waals surface area contributed by atoms with E-state index in [1.165, 1.54) is 0 Å². The highest BCUT2D eigenvalue weighted by Crippen LogP contribution is 2.51. The van der Waals surface area contributed by atoms with Gasteiger partial charge in [-0.05, 0) is 65.8 Å². The van der Waals surface area contributed by atoms with Crippen molar-refractivity contribution in [3.63, 3.8) is 0 Å². The zero-order chi connectivity index (χ0) is 23.0. The molecular weight excluding hydrogens is 475 g/mol. The van der Waals surface area contributed by atoms with Crippen LogP contribution in [-0.2, 0) is 16.4 Å². The molecule has 0 saturated carbocycles. The maximum Gasteiger partial charge on any atom is 0.240 e. The Morgan fingerprint density at radius 2 is 1.79 bits per heavy atom. The number of hydrogen-bond donors (Lipinski definition) is 2. The summed E-state index contributed by atoms with van der Waals surface area (Å²) in [6.07, 6.45) is 5.89. The molecule has 2 aliphatic rings. The molecule has 1 aliphatic heterocycles. The van der Waals surface area contributed by atoms with Crippen molar-refractivity contribution in [3.05, 3.63) is 106 Å². The number of nitrogens with one attached hydrogen (secondary N) is 2. The second kappa shape index (κ2) is 9.15. The third kappa shape index (κ3) is 4.56. The normalized spacial score (nSPS) is 21.3. The molecule has 1 heterocycles. The van der Waals surface area contributed by atoms with Crippen LogP contribution in [0.5, 0.6) is 0 Å². The minimum absolute atomic E-state index is 0.0220. The summed E-state index contributed by atoms with van der Waals surface area (Å²) in [6.45, 7) is 0.352. The van der Waals surface area contributed by atoms with Gasteiger partial charge in [0.05, 0.1) is 10.9 Å². The molecule has 0 bridgehead atoms. The van der Waals surface area contributed by atoms with Crippen LogP contribution in [0.15, 0.2) is 83.8 Å². The highest BCUT2D eigenvalue weighted by atomic mass is 35.5. The average Bonchev–Trinajstić information content (AvgIpc) is 3.29. The smallest absolute Gasteiger partial charge is 0.240 e. The first-order chi connectivity index (χ1) is 15.9. The molecule has 0 aromatic heterocycles. The molecule has 4 nitrogen and oxygen atoms in total. The second-order valence-electron chi connectivity index (χ2n) is 8.52. The molecule has 0 radical (unpaired) electrons. The lowest BCUT2D eigenvalue weighted by atomic mass is 9.77. The Morgan fingerprint density at radius 3 is 2.58 bits per heavy atom. The molecule has 7 heteroatoms. The lowest BCUT2D eigenvalue weighted by Crippen LogP contribution is -2.30. The van der Waals surface area contributed by atoms with Crippen molar-refractivity contribution in [3.8, 4) is 0 Å². The molecule has 0 amide bonds. The van der Waals surface area contributed by atoms with Crippen LogP contribution in [0.3, 0.4) is 0 Å². The van der Waals surface area contributed by atoms with Crippen molar-refractivity contribution < 1.29 is 8.42 Å². The zero-order valence-electron chi connectivity index (χ0n) is 17.8. The molecule has 3 aromatic carbocycles. The molecule has 2 N–H and O–H groups in total. The maximum absolute atomic E-state index is 13.0. The van der Waals surface area contributed by atoms with E-state index in [4.69, 9.17) is 23.2 Å². The lowest BCUT2D eigenvalue weighted by molar-refractivity contribution is 0.425. The lowest BCUT2D eigenvalue weighted by Gasteiger charge is -2.38. The summed E-state index contributed by atoms with van der Waals surface area (Å²) < 4.78 is 28.7. The third-order valence-corrected chi connectivity index (χ3v) is 8.51. The van der Waals surface area contributed by atoms with Gasteiger partial charge in [0.15, 0.2) is 0 Å². The van der Waals surface area contributed by atoms with Gasteiger partial charge < -0.3 is 5.32 Å². The summed E-state index contributed by atoms with van der Waals surface area (Å²) in [5.41, 5.74) is 4.04. The highest BCUT2D eigenvalue weighted by Gasteiger charge is 2.39. The van der Waals surface area contributed by atoms with Crippen molar-refractivity contribution in [2.45, 2.75) is 29.7 Å². The van der Waals surface area contributed by atoms with Crippen LogP contribution < -0.4 is 10.0 Å². The summed E-state index contributed by atoms with van der Waals surface area (Å²) in [4.78, 5) is 0.290. The van der Waals surface area contributed by atoms with Gasteiger partial charge in [0.1, 0.15) is 0 Å². The van der Waals surface area contributed by atoms with Crippen molar-refractivity contribution in [2.75, 3.05) is 11.9 Å². The standard InChI is InChI=1S/C26H24Cl2N2O2S/c27-18-9-11-22(24(28)15-18)26-21-8-4-7-20(21)23-16-19(10-12-25(23)30-26)33(31,32)29-14-13-17-5-2-1-3-6-17/h1-7,9-12,15-16,20-21,26,29-30H,8,13-14H2. The Morgan fingerprint density at radius 1 is 0.970 bits per heavy atom. The van der Waals surface area contributed by atoms with Crippen LogP contribution in [0.4, 0.5) is 5.69 Å². The van der Waals surface area contributed by atoms with E-state index in [9.17, 15) is 8.42 Å².